The molecule has 1 aliphatic rings. The van der Waals surface area contributed by atoms with Crippen LogP contribution in [0.5, 0.6) is 0 Å². The van der Waals surface area contributed by atoms with Gasteiger partial charge in [-0.1, -0.05) is 65.3 Å². The zero-order valence-electron chi connectivity index (χ0n) is 17.3. The number of nitrogens with one attached hydrogen (secondary N) is 1. The highest BCUT2D eigenvalue weighted by Crippen LogP contribution is 2.33. The highest BCUT2D eigenvalue weighted by atomic mass is 16.4. The number of aliphatic carboxylic acids is 1. The van der Waals surface area contributed by atoms with E-state index in [1.54, 1.807) is 0 Å². The van der Waals surface area contributed by atoms with Crippen molar-refractivity contribution in [2.75, 3.05) is 13.1 Å². The minimum absolute atomic E-state index is 0.0189. The second-order valence-corrected chi connectivity index (χ2v) is 8.70. The van der Waals surface area contributed by atoms with Crippen molar-refractivity contribution in [2.45, 2.75) is 71.4 Å². The number of hydrogen-bond donors (Lipinski definition) is 2. The highest BCUT2D eigenvalue weighted by molar-refractivity contribution is 5.80. The van der Waals surface area contributed by atoms with Gasteiger partial charge in [-0.25, -0.2) is 0 Å². The highest BCUT2D eigenvalue weighted by Gasteiger charge is 2.31. The first-order chi connectivity index (χ1) is 12.6. The zero-order valence-corrected chi connectivity index (χ0v) is 17.3. The molecule has 0 radical (unpaired) electrons. The second kappa shape index (κ2) is 8.87. The fraction of sp³-hybridized carbons (Fsp3) is 0.636. The molecule has 1 aromatic rings. The maximum atomic E-state index is 12.8. The molecule has 1 heterocycles. The minimum Gasteiger partial charge on any atom is -0.480 e. The Morgan fingerprint density at radius 1 is 1.26 bits per heavy atom. The van der Waals surface area contributed by atoms with Crippen LogP contribution in [0.3, 0.4) is 0 Å². The van der Waals surface area contributed by atoms with Crippen molar-refractivity contribution in [3.05, 3.63) is 35.4 Å². The van der Waals surface area contributed by atoms with Crippen molar-refractivity contribution in [1.82, 2.24) is 10.2 Å². The third-order valence-corrected chi connectivity index (χ3v) is 5.69. The topological polar surface area (TPSA) is 69.6 Å². The van der Waals surface area contributed by atoms with Crippen molar-refractivity contribution in [2.24, 2.45) is 5.92 Å². The molecule has 1 aliphatic heterocycles. The molecule has 5 heteroatoms. The summed E-state index contributed by atoms with van der Waals surface area (Å²) in [7, 11) is 0. The quantitative estimate of drug-likeness (QED) is 0.763. The van der Waals surface area contributed by atoms with E-state index in [9.17, 15) is 14.7 Å². The number of carbonyl (C=O) groups is 2. The lowest BCUT2D eigenvalue weighted by molar-refractivity contribution is -0.141. The smallest absolute Gasteiger partial charge is 0.320 e. The molecule has 1 fully saturated rings. The minimum atomic E-state index is -0.895. The van der Waals surface area contributed by atoms with E-state index in [2.05, 4.69) is 50.4 Å². The normalized spacial score (nSPS) is 19.7. The summed E-state index contributed by atoms with van der Waals surface area (Å²) in [6.45, 7) is 11.2. The Morgan fingerprint density at radius 2 is 1.89 bits per heavy atom. The van der Waals surface area contributed by atoms with E-state index in [-0.39, 0.29) is 29.8 Å². The van der Waals surface area contributed by atoms with Crippen LogP contribution in [-0.4, -0.2) is 41.0 Å². The number of likely N-dealkylation sites (tertiary alicyclic amines) is 1. The maximum absolute atomic E-state index is 12.8. The molecule has 3 atom stereocenters. The monoisotopic (exact) mass is 374 g/mol. The molecule has 1 aromatic carbocycles. The van der Waals surface area contributed by atoms with Crippen LogP contribution in [0, 0.1) is 5.92 Å². The van der Waals surface area contributed by atoms with Crippen LogP contribution in [0.4, 0.5) is 0 Å². The Hall–Kier alpha value is -1.88. The largest absolute Gasteiger partial charge is 0.480 e. The van der Waals surface area contributed by atoms with Crippen molar-refractivity contribution in [1.29, 1.82) is 0 Å². The SMILES string of the molecule is CC[C@H](C)[C@H](NCC(=O)N1CCCC1c1ccc(C(C)(C)C)cc1)C(=O)O. The van der Waals surface area contributed by atoms with Crippen molar-refractivity contribution in [3.63, 3.8) is 0 Å². The zero-order chi connectivity index (χ0) is 20.2. The van der Waals surface area contributed by atoms with Gasteiger partial charge in [-0.15, -0.1) is 0 Å². The molecule has 1 saturated heterocycles. The summed E-state index contributed by atoms with van der Waals surface area (Å²) in [4.78, 5) is 26.1. The third kappa shape index (κ3) is 5.32. The molecule has 0 saturated carbocycles. The van der Waals surface area contributed by atoms with Gasteiger partial charge < -0.3 is 10.0 Å². The summed E-state index contributed by atoms with van der Waals surface area (Å²) in [5, 5.41) is 12.3. The maximum Gasteiger partial charge on any atom is 0.320 e. The van der Waals surface area contributed by atoms with Crippen LogP contribution in [-0.2, 0) is 15.0 Å². The Labute approximate surface area is 163 Å². The van der Waals surface area contributed by atoms with Crippen LogP contribution in [0.25, 0.3) is 0 Å². The molecule has 2 rings (SSSR count). The van der Waals surface area contributed by atoms with Crippen LogP contribution in [0.2, 0.25) is 0 Å². The Kier molecular flexibility index (Phi) is 7.04. The lowest BCUT2D eigenvalue weighted by atomic mass is 9.86. The van der Waals surface area contributed by atoms with Gasteiger partial charge in [0.2, 0.25) is 5.91 Å². The van der Waals surface area contributed by atoms with E-state index in [0.717, 1.165) is 31.4 Å². The summed E-state index contributed by atoms with van der Waals surface area (Å²) < 4.78 is 0. The van der Waals surface area contributed by atoms with Crippen LogP contribution in [0.1, 0.15) is 71.0 Å². The van der Waals surface area contributed by atoms with Gasteiger partial charge in [0.15, 0.2) is 0 Å². The third-order valence-electron chi connectivity index (χ3n) is 5.69. The molecular weight excluding hydrogens is 340 g/mol. The predicted octanol–water partition coefficient (Wildman–Crippen LogP) is 3.74. The van der Waals surface area contributed by atoms with E-state index in [1.165, 1.54) is 5.56 Å². The number of hydrogen-bond acceptors (Lipinski definition) is 3. The average molecular weight is 375 g/mol. The van der Waals surface area contributed by atoms with Gasteiger partial charge in [0.1, 0.15) is 6.04 Å². The van der Waals surface area contributed by atoms with Crippen molar-refractivity contribution in [3.8, 4) is 0 Å². The Balaban J connectivity index is 2.04. The summed E-state index contributed by atoms with van der Waals surface area (Å²) >= 11 is 0. The van der Waals surface area contributed by atoms with Gasteiger partial charge in [-0.3, -0.25) is 14.9 Å². The molecule has 0 aromatic heterocycles. The Morgan fingerprint density at radius 3 is 2.41 bits per heavy atom. The molecule has 1 unspecified atom stereocenters. The number of amides is 1. The van der Waals surface area contributed by atoms with E-state index < -0.39 is 12.0 Å². The molecule has 0 spiro atoms. The molecule has 1 amide bonds. The molecular formula is C22H34N2O3. The van der Waals surface area contributed by atoms with E-state index in [4.69, 9.17) is 0 Å². The molecule has 2 N–H and O–H groups in total. The van der Waals surface area contributed by atoms with E-state index in [1.807, 2.05) is 18.7 Å². The summed E-state index contributed by atoms with van der Waals surface area (Å²) in [6, 6.07) is 7.95. The van der Waals surface area contributed by atoms with Gasteiger partial charge in [0, 0.05) is 6.54 Å². The van der Waals surface area contributed by atoms with Crippen LogP contribution >= 0.6 is 0 Å². The average Bonchev–Trinajstić information content (AvgIpc) is 3.10. The van der Waals surface area contributed by atoms with Gasteiger partial charge >= 0.3 is 5.97 Å². The Bertz CT molecular complexity index is 649. The summed E-state index contributed by atoms with van der Waals surface area (Å²) in [5.74, 6) is -0.936. The number of carboxylic acids is 1. The van der Waals surface area contributed by atoms with Crippen molar-refractivity contribution < 1.29 is 14.7 Å². The molecule has 5 nitrogen and oxygen atoms in total. The number of nitrogens with zero attached hydrogens (tertiary/aromatic N) is 1. The lowest BCUT2D eigenvalue weighted by Crippen LogP contribution is -2.47. The summed E-state index contributed by atoms with van der Waals surface area (Å²) in [5.41, 5.74) is 2.54. The van der Waals surface area contributed by atoms with Gasteiger partial charge in [0.25, 0.3) is 0 Å². The molecule has 150 valence electrons. The molecule has 0 aliphatic carbocycles. The number of benzene rings is 1. The number of carboxylic acid groups (broad SMARTS) is 1. The fourth-order valence-electron chi connectivity index (χ4n) is 3.68. The number of rotatable bonds is 7. The molecule has 0 bridgehead atoms. The first-order valence-electron chi connectivity index (χ1n) is 10.0. The van der Waals surface area contributed by atoms with Crippen molar-refractivity contribution >= 4 is 11.9 Å². The molecule has 27 heavy (non-hydrogen) atoms. The second-order valence-electron chi connectivity index (χ2n) is 8.70. The van der Waals surface area contributed by atoms with Crippen LogP contribution < -0.4 is 5.32 Å². The van der Waals surface area contributed by atoms with E-state index in [0.29, 0.717) is 0 Å². The van der Waals surface area contributed by atoms with Gasteiger partial charge in [-0.2, -0.15) is 0 Å². The first kappa shape index (κ1) is 21.4. The summed E-state index contributed by atoms with van der Waals surface area (Å²) in [6.07, 6.45) is 2.68. The predicted molar refractivity (Wildman–Crippen MR) is 108 cm³/mol. The van der Waals surface area contributed by atoms with Gasteiger partial charge in [-0.05, 0) is 35.3 Å². The van der Waals surface area contributed by atoms with E-state index >= 15 is 0 Å². The fourth-order valence-corrected chi connectivity index (χ4v) is 3.68. The number of carbonyl (C=O) groups excluding carboxylic acids is 1. The first-order valence-corrected chi connectivity index (χ1v) is 10.0. The lowest BCUT2D eigenvalue weighted by Gasteiger charge is -2.28. The van der Waals surface area contributed by atoms with Gasteiger partial charge in [0.05, 0.1) is 12.6 Å². The van der Waals surface area contributed by atoms with Crippen LogP contribution in [0.15, 0.2) is 24.3 Å². The standard InChI is InChI=1S/C22H34N2O3/c1-6-15(2)20(21(26)27)23-14-19(25)24-13-7-8-18(24)16-9-11-17(12-10-16)22(3,4)5/h9-12,15,18,20,23H,6-8,13-14H2,1-5H3,(H,26,27)/t15-,18?,20-/m0/s1.